The van der Waals surface area contributed by atoms with Crippen LogP contribution in [0.4, 0.5) is 18.0 Å². The van der Waals surface area contributed by atoms with Crippen LogP contribution >= 0.6 is 0 Å². The number of benzene rings is 2. The molecular formula is C22H21F3N4O2. The second kappa shape index (κ2) is 9.07. The molecule has 0 spiro atoms. The minimum atomic E-state index is -4.39. The third kappa shape index (κ3) is 5.23. The zero-order valence-corrected chi connectivity index (χ0v) is 16.6. The number of amidine groups is 1. The number of nitrogens with zero attached hydrogens (tertiary/aromatic N) is 4. The number of rotatable bonds is 6. The van der Waals surface area contributed by atoms with Crippen LogP contribution in [0.2, 0.25) is 0 Å². The molecule has 0 aromatic heterocycles. The number of hydrogen-bond donors (Lipinski definition) is 0. The summed E-state index contributed by atoms with van der Waals surface area (Å²) in [6.07, 6.45) is -3.02. The van der Waals surface area contributed by atoms with Crippen molar-refractivity contribution in [1.82, 2.24) is 4.90 Å². The maximum atomic E-state index is 13.0. The van der Waals surface area contributed by atoms with Crippen molar-refractivity contribution in [2.75, 3.05) is 13.1 Å². The molecule has 2 atom stereocenters. The molecule has 162 valence electrons. The van der Waals surface area contributed by atoms with Crippen molar-refractivity contribution in [2.24, 2.45) is 15.2 Å². The number of carbonyl (C=O) groups excluding carboxylic acids is 1. The van der Waals surface area contributed by atoms with Crippen molar-refractivity contribution in [3.05, 3.63) is 71.3 Å². The van der Waals surface area contributed by atoms with Crippen LogP contribution in [-0.2, 0) is 17.5 Å². The molecule has 0 saturated carbocycles. The van der Waals surface area contributed by atoms with E-state index in [2.05, 4.69) is 20.1 Å². The van der Waals surface area contributed by atoms with Crippen LogP contribution in [0.25, 0.3) is 0 Å². The lowest BCUT2D eigenvalue weighted by atomic mass is 9.92. The number of azo groups is 1. The Labute approximate surface area is 177 Å². The smallest absolute Gasteiger partial charge is 0.372 e. The van der Waals surface area contributed by atoms with Crippen LogP contribution in [0.5, 0.6) is 0 Å². The lowest BCUT2D eigenvalue weighted by Crippen LogP contribution is -2.44. The molecule has 9 heteroatoms. The van der Waals surface area contributed by atoms with Gasteiger partial charge in [0.15, 0.2) is 5.84 Å². The van der Waals surface area contributed by atoms with Gasteiger partial charge in [-0.15, -0.1) is 5.11 Å². The number of carbonyl (C=O) groups is 1. The second-order valence-corrected chi connectivity index (χ2v) is 7.53. The average Bonchev–Trinajstić information content (AvgIpc) is 3.17. The van der Waals surface area contributed by atoms with Gasteiger partial charge in [0, 0.05) is 0 Å². The van der Waals surface area contributed by atoms with Gasteiger partial charge in [-0.1, -0.05) is 47.6 Å². The highest BCUT2D eigenvalue weighted by atomic mass is 19.4. The van der Waals surface area contributed by atoms with E-state index in [-0.39, 0.29) is 18.8 Å². The predicted molar refractivity (Wildman–Crippen MR) is 108 cm³/mol. The fourth-order valence-corrected chi connectivity index (χ4v) is 4.00. The number of amides is 2. The molecule has 0 unspecified atom stereocenters. The Morgan fingerprint density at radius 1 is 1.06 bits per heavy atom. The molecule has 2 aromatic carbocycles. The SMILES string of the molecule is O=C1N=NC(CN2CCC[C@H](OCc3cccc(C(F)(F)F)c3)[C@@H]2c2ccccc2)=N1. The van der Waals surface area contributed by atoms with E-state index in [0.29, 0.717) is 17.9 Å². The van der Waals surface area contributed by atoms with Crippen LogP contribution in [-0.4, -0.2) is 36.0 Å². The van der Waals surface area contributed by atoms with Crippen LogP contribution in [0, 0.1) is 0 Å². The molecule has 0 radical (unpaired) electrons. The van der Waals surface area contributed by atoms with Crippen LogP contribution in [0.1, 0.15) is 35.6 Å². The van der Waals surface area contributed by atoms with Gasteiger partial charge in [-0.3, -0.25) is 4.90 Å². The molecule has 1 saturated heterocycles. The lowest BCUT2D eigenvalue weighted by Gasteiger charge is -2.41. The summed E-state index contributed by atoms with van der Waals surface area (Å²) in [7, 11) is 0. The minimum absolute atomic E-state index is 0.0743. The van der Waals surface area contributed by atoms with Gasteiger partial charge in [-0.2, -0.15) is 18.2 Å². The fourth-order valence-electron chi connectivity index (χ4n) is 4.00. The normalized spacial score (nSPS) is 22.0. The Bertz CT molecular complexity index is 992. The van der Waals surface area contributed by atoms with Gasteiger partial charge >= 0.3 is 12.2 Å². The van der Waals surface area contributed by atoms with Crippen LogP contribution in [0.15, 0.2) is 69.8 Å². The molecular weight excluding hydrogens is 409 g/mol. The molecule has 4 rings (SSSR count). The predicted octanol–water partition coefficient (Wildman–Crippen LogP) is 5.41. The van der Waals surface area contributed by atoms with E-state index in [0.717, 1.165) is 37.1 Å². The molecule has 31 heavy (non-hydrogen) atoms. The van der Waals surface area contributed by atoms with Crippen molar-refractivity contribution in [3.63, 3.8) is 0 Å². The maximum absolute atomic E-state index is 13.0. The van der Waals surface area contributed by atoms with Crippen LogP contribution < -0.4 is 0 Å². The van der Waals surface area contributed by atoms with Crippen molar-refractivity contribution >= 4 is 11.9 Å². The average molecular weight is 430 g/mol. The van der Waals surface area contributed by atoms with E-state index in [4.69, 9.17) is 4.74 Å². The van der Waals surface area contributed by atoms with Crippen molar-refractivity contribution in [3.8, 4) is 0 Å². The summed E-state index contributed by atoms with van der Waals surface area (Å²) in [5.41, 5.74) is 0.809. The molecule has 2 heterocycles. The Hall–Kier alpha value is -2.91. The fraction of sp³-hybridized carbons (Fsp3) is 0.364. The number of likely N-dealkylation sites (tertiary alicyclic amines) is 1. The van der Waals surface area contributed by atoms with E-state index >= 15 is 0 Å². The third-order valence-corrected chi connectivity index (χ3v) is 5.36. The van der Waals surface area contributed by atoms with Crippen molar-refractivity contribution in [2.45, 2.75) is 37.8 Å². The lowest BCUT2D eigenvalue weighted by molar-refractivity contribution is -0.137. The molecule has 1 fully saturated rings. The largest absolute Gasteiger partial charge is 0.416 e. The van der Waals surface area contributed by atoms with E-state index in [1.165, 1.54) is 6.07 Å². The first-order valence-corrected chi connectivity index (χ1v) is 10.00. The van der Waals surface area contributed by atoms with Gasteiger partial charge in [0.05, 0.1) is 30.9 Å². The third-order valence-electron chi connectivity index (χ3n) is 5.36. The Kier molecular flexibility index (Phi) is 6.24. The van der Waals surface area contributed by atoms with Gasteiger partial charge in [0.1, 0.15) is 0 Å². The molecule has 0 N–H and O–H groups in total. The molecule has 0 bridgehead atoms. The molecule has 2 aromatic rings. The van der Waals surface area contributed by atoms with Gasteiger partial charge in [0.25, 0.3) is 0 Å². The van der Waals surface area contributed by atoms with Gasteiger partial charge in [-0.05, 0) is 42.6 Å². The summed E-state index contributed by atoms with van der Waals surface area (Å²) in [6.45, 7) is 1.18. The topological polar surface area (TPSA) is 66.6 Å². The number of piperidine rings is 1. The highest BCUT2D eigenvalue weighted by molar-refractivity contribution is 5.99. The summed E-state index contributed by atoms with van der Waals surface area (Å²) in [5.74, 6) is 0.351. The van der Waals surface area contributed by atoms with Crippen molar-refractivity contribution < 1.29 is 22.7 Å². The quantitative estimate of drug-likeness (QED) is 0.615. The Morgan fingerprint density at radius 3 is 2.58 bits per heavy atom. The van der Waals surface area contributed by atoms with Gasteiger partial charge in [0.2, 0.25) is 0 Å². The summed E-state index contributed by atoms with van der Waals surface area (Å²) < 4.78 is 45.2. The van der Waals surface area contributed by atoms with E-state index < -0.39 is 17.8 Å². The molecule has 2 amide bonds. The Balaban J connectivity index is 1.53. The maximum Gasteiger partial charge on any atom is 0.416 e. The highest BCUT2D eigenvalue weighted by Gasteiger charge is 2.35. The van der Waals surface area contributed by atoms with E-state index in [1.54, 1.807) is 6.07 Å². The van der Waals surface area contributed by atoms with Gasteiger partial charge < -0.3 is 4.74 Å². The molecule has 2 aliphatic rings. The summed E-state index contributed by atoms with van der Waals surface area (Å²) in [5, 5.41) is 7.26. The number of halogens is 3. The zero-order chi connectivity index (χ0) is 21.8. The molecule has 0 aliphatic carbocycles. The first-order chi connectivity index (χ1) is 14.9. The summed E-state index contributed by atoms with van der Waals surface area (Å²) in [4.78, 5) is 17.2. The highest BCUT2D eigenvalue weighted by Crippen LogP contribution is 2.35. The van der Waals surface area contributed by atoms with E-state index in [1.807, 2.05) is 30.3 Å². The van der Waals surface area contributed by atoms with Crippen LogP contribution in [0.3, 0.4) is 0 Å². The summed E-state index contributed by atoms with van der Waals surface area (Å²) in [6, 6.07) is 14.2. The standard InChI is InChI=1S/C22H21F3N4O2/c23-22(24,25)17-9-4-6-15(12-17)14-31-18-10-5-11-29(13-19-26-21(30)28-27-19)20(18)16-7-2-1-3-8-16/h1-4,6-9,12,18,20H,5,10-11,13-14H2/t18-,20-/m0/s1. The number of hydrogen-bond acceptors (Lipinski definition) is 4. The monoisotopic (exact) mass is 430 g/mol. The van der Waals surface area contributed by atoms with Gasteiger partial charge in [-0.25, -0.2) is 4.79 Å². The minimum Gasteiger partial charge on any atom is -0.372 e. The summed E-state index contributed by atoms with van der Waals surface area (Å²) >= 11 is 0. The second-order valence-electron chi connectivity index (χ2n) is 7.53. The number of urea groups is 1. The number of alkyl halides is 3. The van der Waals surface area contributed by atoms with Crippen molar-refractivity contribution in [1.29, 1.82) is 0 Å². The van der Waals surface area contributed by atoms with E-state index in [9.17, 15) is 18.0 Å². The number of ether oxygens (including phenoxy) is 1. The number of aliphatic imine (C=N–C) groups is 1. The zero-order valence-electron chi connectivity index (χ0n) is 16.6. The Morgan fingerprint density at radius 2 is 1.87 bits per heavy atom. The first-order valence-electron chi connectivity index (χ1n) is 10.00. The molecule has 6 nitrogen and oxygen atoms in total. The first kappa shape index (κ1) is 21.3. The molecule has 2 aliphatic heterocycles.